The second-order valence-corrected chi connectivity index (χ2v) is 9.80. The van der Waals surface area contributed by atoms with Crippen molar-refractivity contribution in [3.05, 3.63) is 59.8 Å². The van der Waals surface area contributed by atoms with E-state index in [0.29, 0.717) is 12.4 Å². The van der Waals surface area contributed by atoms with Gasteiger partial charge in [0.25, 0.3) is 0 Å². The van der Waals surface area contributed by atoms with Gasteiger partial charge in [0, 0.05) is 18.8 Å². The molecule has 3 rings (SSSR count). The number of nitrogens with zero attached hydrogens (tertiary/aromatic N) is 3. The Hall–Kier alpha value is -3.09. The quantitative estimate of drug-likeness (QED) is 0.486. The van der Waals surface area contributed by atoms with Crippen LogP contribution in [0.1, 0.15) is 77.5 Å². The molecule has 0 saturated carbocycles. The average Bonchev–Trinajstić information content (AvgIpc) is 2.82. The molecule has 1 aliphatic rings. The van der Waals surface area contributed by atoms with E-state index in [1.165, 1.54) is 0 Å². The second-order valence-electron chi connectivity index (χ2n) is 9.80. The van der Waals surface area contributed by atoms with E-state index < -0.39 is 11.7 Å². The molecule has 34 heavy (non-hydrogen) atoms. The van der Waals surface area contributed by atoms with Crippen LogP contribution in [-0.2, 0) is 16.1 Å². The lowest BCUT2D eigenvalue weighted by Crippen LogP contribution is -2.42. The summed E-state index contributed by atoms with van der Waals surface area (Å²) in [4.78, 5) is 33.8. The van der Waals surface area contributed by atoms with Crippen molar-refractivity contribution in [3.63, 3.8) is 0 Å². The zero-order valence-electron chi connectivity index (χ0n) is 21.0. The summed E-state index contributed by atoms with van der Waals surface area (Å²) >= 11 is 0. The van der Waals surface area contributed by atoms with E-state index in [1.807, 2.05) is 77.1 Å². The molecule has 1 saturated heterocycles. The van der Waals surface area contributed by atoms with Crippen molar-refractivity contribution in [2.24, 2.45) is 0 Å². The van der Waals surface area contributed by atoms with E-state index in [0.717, 1.165) is 36.8 Å². The smallest absolute Gasteiger partial charge is 0.416 e. The van der Waals surface area contributed by atoms with Crippen molar-refractivity contribution < 1.29 is 19.1 Å². The Labute approximate surface area is 203 Å². The molecular weight excluding hydrogens is 430 g/mol. The minimum atomic E-state index is -0.592. The number of anilines is 1. The van der Waals surface area contributed by atoms with Gasteiger partial charge in [0.2, 0.25) is 0 Å². The molecule has 184 valence electrons. The zero-order valence-corrected chi connectivity index (χ0v) is 21.0. The van der Waals surface area contributed by atoms with Crippen molar-refractivity contribution in [3.8, 4) is 0 Å². The highest BCUT2D eigenvalue weighted by Crippen LogP contribution is 2.32. The van der Waals surface area contributed by atoms with Crippen LogP contribution in [0.25, 0.3) is 0 Å². The van der Waals surface area contributed by atoms with Gasteiger partial charge in [-0.1, -0.05) is 43.3 Å². The first-order valence-electron chi connectivity index (χ1n) is 12.1. The van der Waals surface area contributed by atoms with Crippen LogP contribution >= 0.6 is 0 Å². The Kier molecular flexibility index (Phi) is 8.53. The van der Waals surface area contributed by atoms with Crippen molar-refractivity contribution in [2.75, 3.05) is 11.4 Å². The highest BCUT2D eigenvalue weighted by molar-refractivity contribution is 5.87. The maximum absolute atomic E-state index is 12.9. The van der Waals surface area contributed by atoms with Gasteiger partial charge in [0.1, 0.15) is 18.0 Å². The summed E-state index contributed by atoms with van der Waals surface area (Å²) < 4.78 is 11.2. The topological polar surface area (TPSA) is 72.0 Å². The highest BCUT2D eigenvalue weighted by atomic mass is 16.6. The summed E-state index contributed by atoms with van der Waals surface area (Å²) in [6, 6.07) is 13.3. The third kappa shape index (κ3) is 6.72. The van der Waals surface area contributed by atoms with Crippen LogP contribution in [0, 0.1) is 0 Å². The van der Waals surface area contributed by atoms with E-state index >= 15 is 0 Å². The summed E-state index contributed by atoms with van der Waals surface area (Å²) in [5.41, 5.74) is 1.31. The van der Waals surface area contributed by atoms with Crippen molar-refractivity contribution in [2.45, 2.75) is 84.6 Å². The van der Waals surface area contributed by atoms with Gasteiger partial charge in [0.15, 0.2) is 0 Å². The lowest BCUT2D eigenvalue weighted by molar-refractivity contribution is 0.0565. The van der Waals surface area contributed by atoms with E-state index in [9.17, 15) is 9.59 Å². The van der Waals surface area contributed by atoms with Gasteiger partial charge in [-0.25, -0.2) is 14.6 Å². The van der Waals surface area contributed by atoms with Gasteiger partial charge in [-0.05, 0) is 70.6 Å². The lowest BCUT2D eigenvalue weighted by atomic mass is 9.97. The van der Waals surface area contributed by atoms with E-state index in [2.05, 4.69) is 4.98 Å². The molecule has 0 radical (unpaired) electrons. The number of hydrogen-bond donors (Lipinski definition) is 0. The molecule has 1 aromatic heterocycles. The van der Waals surface area contributed by atoms with Crippen LogP contribution < -0.4 is 4.90 Å². The molecule has 2 unspecified atom stereocenters. The number of pyridine rings is 1. The van der Waals surface area contributed by atoms with E-state index in [1.54, 1.807) is 16.0 Å². The number of carbonyl (C=O) groups is 2. The van der Waals surface area contributed by atoms with E-state index in [-0.39, 0.29) is 24.8 Å². The Morgan fingerprint density at radius 1 is 1.15 bits per heavy atom. The Balaban J connectivity index is 1.74. The lowest BCUT2D eigenvalue weighted by Gasteiger charge is -2.35. The highest BCUT2D eigenvalue weighted by Gasteiger charge is 2.31. The molecule has 2 aromatic rings. The summed E-state index contributed by atoms with van der Waals surface area (Å²) in [5, 5.41) is 0. The molecule has 0 N–H and O–H groups in total. The first kappa shape index (κ1) is 25.5. The number of ether oxygens (including phenoxy) is 2. The molecule has 2 atom stereocenters. The van der Waals surface area contributed by atoms with Gasteiger partial charge in [0.05, 0.1) is 6.04 Å². The summed E-state index contributed by atoms with van der Waals surface area (Å²) in [5.74, 6) is 0.543. The number of piperidine rings is 1. The monoisotopic (exact) mass is 467 g/mol. The average molecular weight is 468 g/mol. The fraction of sp³-hybridized carbons (Fsp3) is 0.519. The molecule has 0 bridgehead atoms. The number of likely N-dealkylation sites (tertiary alicyclic amines) is 1. The normalized spacial score (nSPS) is 17.1. The SMILES string of the molecule is CCC(C)N(C(=O)OC(C)(C)C)c1ccc(C2CCCCN2C(=O)OCc2ccccc2)cn1. The van der Waals surface area contributed by atoms with Gasteiger partial charge in [-0.3, -0.25) is 4.90 Å². The van der Waals surface area contributed by atoms with Crippen LogP contribution in [0.4, 0.5) is 15.4 Å². The van der Waals surface area contributed by atoms with Crippen LogP contribution in [0.5, 0.6) is 0 Å². The number of amides is 2. The van der Waals surface area contributed by atoms with E-state index in [4.69, 9.17) is 9.47 Å². The van der Waals surface area contributed by atoms with Crippen molar-refractivity contribution >= 4 is 18.0 Å². The standard InChI is InChI=1S/C27H37N3O4/c1-6-20(2)30(26(32)34-27(3,4)5)24-16-15-22(18-28-24)23-14-10-11-17-29(23)25(31)33-19-21-12-8-7-9-13-21/h7-9,12-13,15-16,18,20,23H,6,10-11,14,17,19H2,1-5H3. The molecule has 2 amide bonds. The summed E-state index contributed by atoms with van der Waals surface area (Å²) in [6.07, 6.45) is 4.64. The first-order valence-corrected chi connectivity index (χ1v) is 12.1. The molecule has 7 nitrogen and oxygen atoms in total. The molecule has 2 heterocycles. The van der Waals surface area contributed by atoms with Crippen LogP contribution in [0.15, 0.2) is 48.7 Å². The van der Waals surface area contributed by atoms with Crippen LogP contribution in [-0.4, -0.2) is 40.3 Å². The number of aromatic nitrogens is 1. The minimum Gasteiger partial charge on any atom is -0.445 e. The Bertz CT molecular complexity index is 941. The van der Waals surface area contributed by atoms with Crippen molar-refractivity contribution in [1.82, 2.24) is 9.88 Å². The van der Waals surface area contributed by atoms with Gasteiger partial charge in [-0.2, -0.15) is 0 Å². The maximum Gasteiger partial charge on any atom is 0.416 e. The predicted octanol–water partition coefficient (Wildman–Crippen LogP) is 6.49. The Morgan fingerprint density at radius 2 is 1.88 bits per heavy atom. The molecule has 1 aromatic carbocycles. The van der Waals surface area contributed by atoms with Crippen LogP contribution in [0.3, 0.4) is 0 Å². The molecule has 1 aliphatic heterocycles. The largest absolute Gasteiger partial charge is 0.445 e. The number of rotatable bonds is 6. The van der Waals surface area contributed by atoms with Crippen LogP contribution in [0.2, 0.25) is 0 Å². The minimum absolute atomic E-state index is 0.0626. The second kappa shape index (κ2) is 11.4. The third-order valence-electron chi connectivity index (χ3n) is 5.97. The summed E-state index contributed by atoms with van der Waals surface area (Å²) in [7, 11) is 0. The molecular formula is C27H37N3O4. The van der Waals surface area contributed by atoms with Gasteiger partial charge >= 0.3 is 12.2 Å². The number of hydrogen-bond acceptors (Lipinski definition) is 5. The zero-order chi connectivity index (χ0) is 24.7. The Morgan fingerprint density at radius 3 is 2.50 bits per heavy atom. The van der Waals surface area contributed by atoms with Gasteiger partial charge in [-0.15, -0.1) is 0 Å². The molecule has 7 heteroatoms. The van der Waals surface area contributed by atoms with Crippen molar-refractivity contribution in [1.29, 1.82) is 0 Å². The van der Waals surface area contributed by atoms with Gasteiger partial charge < -0.3 is 14.4 Å². The third-order valence-corrected chi connectivity index (χ3v) is 5.97. The predicted molar refractivity (Wildman–Crippen MR) is 133 cm³/mol. The number of carbonyl (C=O) groups excluding carboxylic acids is 2. The molecule has 0 aliphatic carbocycles. The maximum atomic E-state index is 12.9. The number of benzene rings is 1. The molecule has 0 spiro atoms. The summed E-state index contributed by atoms with van der Waals surface area (Å²) in [6.45, 7) is 10.5. The first-order chi connectivity index (χ1) is 16.2. The fourth-order valence-corrected chi connectivity index (χ4v) is 4.03. The molecule has 1 fully saturated rings. The fourth-order valence-electron chi connectivity index (χ4n) is 4.03.